The monoisotopic (exact) mass is 150 g/mol. The van der Waals surface area contributed by atoms with Gasteiger partial charge < -0.3 is 9.84 Å². The van der Waals surface area contributed by atoms with Crippen LogP contribution in [0.3, 0.4) is 0 Å². The maximum absolute atomic E-state index is 10.3. The van der Waals surface area contributed by atoms with Crippen molar-refractivity contribution in [2.75, 3.05) is 0 Å². The summed E-state index contributed by atoms with van der Waals surface area (Å²) in [6.45, 7) is 0. The third-order valence-electron chi connectivity index (χ3n) is 1.53. The van der Waals surface area contributed by atoms with E-state index in [1.54, 1.807) is 12.1 Å². The highest BCUT2D eigenvalue weighted by Crippen LogP contribution is 2.35. The van der Waals surface area contributed by atoms with Gasteiger partial charge in [0.25, 0.3) is 0 Å². The van der Waals surface area contributed by atoms with E-state index >= 15 is 0 Å². The van der Waals surface area contributed by atoms with Crippen LogP contribution in [0, 0.1) is 0 Å². The summed E-state index contributed by atoms with van der Waals surface area (Å²) in [6, 6.07) is 5.34. The first-order chi connectivity index (χ1) is 5.24. The highest BCUT2D eigenvalue weighted by atomic mass is 16.5. The number of carboxylic acids is 1. The second kappa shape index (κ2) is 1.99. The molecule has 2 aliphatic rings. The number of carbonyl (C=O) groups is 1. The zero-order chi connectivity index (χ0) is 7.84. The molecule has 56 valence electrons. The molecule has 0 amide bonds. The Morgan fingerprint density at radius 1 is 1.36 bits per heavy atom. The molecule has 0 atom stereocenters. The van der Waals surface area contributed by atoms with Crippen LogP contribution in [0.15, 0.2) is 18.2 Å². The van der Waals surface area contributed by atoms with Crippen LogP contribution in [0.1, 0.15) is 5.56 Å². The average Bonchev–Trinajstić information content (AvgIpc) is 1.83. The summed E-state index contributed by atoms with van der Waals surface area (Å²) < 4.78 is 5.04. The number of aliphatic carboxylic acids is 1. The maximum atomic E-state index is 10.3. The van der Waals surface area contributed by atoms with Crippen LogP contribution in [0.2, 0.25) is 0 Å². The molecule has 0 radical (unpaired) electrons. The molecule has 0 saturated heterocycles. The standard InChI is InChI=1S/C8H6O3/c9-8(10)3-5-1-6-4-7(2-5)11-6/h1-2,4H,3H2,(H,9,10). The number of ether oxygens (including phenoxy) is 1. The van der Waals surface area contributed by atoms with Crippen LogP contribution in [0.4, 0.5) is 0 Å². The van der Waals surface area contributed by atoms with E-state index in [0.717, 1.165) is 17.1 Å². The molecule has 3 heteroatoms. The predicted octanol–water partition coefficient (Wildman–Crippen LogP) is 1.42. The van der Waals surface area contributed by atoms with Crippen molar-refractivity contribution in [1.82, 2.24) is 0 Å². The number of carboxylic acid groups (broad SMARTS) is 1. The number of hydrogen-bond acceptors (Lipinski definition) is 2. The van der Waals surface area contributed by atoms with Crippen molar-refractivity contribution in [3.63, 3.8) is 0 Å². The summed E-state index contributed by atoms with van der Waals surface area (Å²) in [6.07, 6.45) is 0.0736. The van der Waals surface area contributed by atoms with Gasteiger partial charge in [-0.15, -0.1) is 0 Å². The van der Waals surface area contributed by atoms with E-state index in [0.29, 0.717) is 0 Å². The fraction of sp³-hybridized carbons (Fsp3) is 0.125. The fourth-order valence-corrected chi connectivity index (χ4v) is 1.10. The van der Waals surface area contributed by atoms with E-state index < -0.39 is 5.97 Å². The summed E-state index contributed by atoms with van der Waals surface area (Å²) in [5.41, 5.74) is 0.802. The number of hydrogen-bond donors (Lipinski definition) is 1. The van der Waals surface area contributed by atoms with Gasteiger partial charge in [0.2, 0.25) is 0 Å². The maximum Gasteiger partial charge on any atom is 0.307 e. The molecule has 0 aliphatic carbocycles. The van der Waals surface area contributed by atoms with Gasteiger partial charge in [-0.05, 0) is 17.7 Å². The Hall–Kier alpha value is -1.51. The largest absolute Gasteiger partial charge is 0.481 e. The normalized spacial score (nSPS) is 11.6. The van der Waals surface area contributed by atoms with Gasteiger partial charge in [-0.1, -0.05) is 0 Å². The smallest absolute Gasteiger partial charge is 0.307 e. The molecule has 1 N–H and O–H groups in total. The van der Waals surface area contributed by atoms with Gasteiger partial charge >= 0.3 is 5.97 Å². The van der Waals surface area contributed by atoms with Crippen LogP contribution in [-0.2, 0) is 11.2 Å². The molecule has 0 spiro atoms. The average molecular weight is 150 g/mol. The Morgan fingerprint density at radius 3 is 2.36 bits per heavy atom. The molecule has 1 aromatic carbocycles. The Kier molecular flexibility index (Phi) is 1.12. The Morgan fingerprint density at radius 2 is 1.91 bits per heavy atom. The lowest BCUT2D eigenvalue weighted by Gasteiger charge is -2.17. The van der Waals surface area contributed by atoms with Crippen molar-refractivity contribution in [2.45, 2.75) is 6.42 Å². The number of rotatable bonds is 2. The molecular formula is C8H6O3. The predicted molar refractivity (Wildman–Crippen MR) is 37.9 cm³/mol. The van der Waals surface area contributed by atoms with E-state index in [-0.39, 0.29) is 6.42 Å². The first-order valence-electron chi connectivity index (χ1n) is 3.28. The summed E-state index contributed by atoms with van der Waals surface area (Å²) in [4.78, 5) is 10.3. The summed E-state index contributed by atoms with van der Waals surface area (Å²) >= 11 is 0. The van der Waals surface area contributed by atoms with Crippen molar-refractivity contribution in [3.8, 4) is 11.5 Å². The summed E-state index contributed by atoms with van der Waals surface area (Å²) in [5.74, 6) is 0.715. The zero-order valence-corrected chi connectivity index (χ0v) is 5.70. The summed E-state index contributed by atoms with van der Waals surface area (Å²) in [7, 11) is 0. The topological polar surface area (TPSA) is 46.5 Å². The molecule has 3 nitrogen and oxygen atoms in total. The van der Waals surface area contributed by atoms with E-state index in [1.165, 1.54) is 0 Å². The molecule has 11 heavy (non-hydrogen) atoms. The van der Waals surface area contributed by atoms with Crippen molar-refractivity contribution in [1.29, 1.82) is 0 Å². The molecule has 0 saturated carbocycles. The van der Waals surface area contributed by atoms with Gasteiger partial charge in [-0.3, -0.25) is 4.79 Å². The number of benzene rings is 1. The highest BCUT2D eigenvalue weighted by molar-refractivity contribution is 5.71. The number of fused-ring (bicyclic) bond motifs is 2. The zero-order valence-electron chi connectivity index (χ0n) is 5.70. The first kappa shape index (κ1) is 6.22. The van der Waals surface area contributed by atoms with Gasteiger partial charge in [0.15, 0.2) is 0 Å². The SMILES string of the molecule is O=C(O)Cc1cc2cc(c1)O2. The van der Waals surface area contributed by atoms with Gasteiger partial charge in [-0.25, -0.2) is 0 Å². The van der Waals surface area contributed by atoms with Crippen molar-refractivity contribution in [3.05, 3.63) is 23.8 Å². The third kappa shape index (κ3) is 1.05. The quantitative estimate of drug-likeness (QED) is 0.704. The minimum atomic E-state index is -0.810. The van der Waals surface area contributed by atoms with Crippen LogP contribution in [0.25, 0.3) is 0 Å². The van der Waals surface area contributed by atoms with Gasteiger partial charge in [0, 0.05) is 6.07 Å². The lowest BCUT2D eigenvalue weighted by atomic mass is 10.1. The molecule has 1 aromatic rings. The first-order valence-corrected chi connectivity index (χ1v) is 3.28. The van der Waals surface area contributed by atoms with Crippen molar-refractivity contribution < 1.29 is 14.6 Å². The molecule has 3 rings (SSSR count). The van der Waals surface area contributed by atoms with E-state index in [1.807, 2.05) is 6.07 Å². The molecule has 2 bridgehead atoms. The molecule has 0 unspecified atom stereocenters. The minimum absolute atomic E-state index is 0.0736. The van der Waals surface area contributed by atoms with Gasteiger partial charge in [-0.2, -0.15) is 0 Å². The van der Waals surface area contributed by atoms with E-state index in [2.05, 4.69) is 0 Å². The Bertz CT molecular complexity index is 297. The van der Waals surface area contributed by atoms with Crippen LogP contribution < -0.4 is 4.74 Å². The highest BCUT2D eigenvalue weighted by Gasteiger charge is 2.13. The Balaban J connectivity index is 2.23. The van der Waals surface area contributed by atoms with Crippen LogP contribution in [0.5, 0.6) is 11.5 Å². The molecule has 2 aliphatic heterocycles. The van der Waals surface area contributed by atoms with E-state index in [9.17, 15) is 4.79 Å². The minimum Gasteiger partial charge on any atom is -0.481 e. The van der Waals surface area contributed by atoms with Crippen LogP contribution in [-0.4, -0.2) is 11.1 Å². The van der Waals surface area contributed by atoms with Crippen molar-refractivity contribution >= 4 is 5.97 Å². The van der Waals surface area contributed by atoms with Crippen molar-refractivity contribution in [2.24, 2.45) is 0 Å². The fourth-order valence-electron chi connectivity index (χ4n) is 1.10. The molecule has 0 aromatic heterocycles. The second-order valence-corrected chi connectivity index (χ2v) is 2.49. The van der Waals surface area contributed by atoms with E-state index in [4.69, 9.17) is 9.84 Å². The van der Waals surface area contributed by atoms with Gasteiger partial charge in [0.05, 0.1) is 6.42 Å². The van der Waals surface area contributed by atoms with Gasteiger partial charge in [0.1, 0.15) is 11.5 Å². The lowest BCUT2D eigenvalue weighted by Crippen LogP contribution is -2.03. The third-order valence-corrected chi connectivity index (χ3v) is 1.53. The summed E-state index contributed by atoms with van der Waals surface area (Å²) in [5, 5.41) is 8.44. The second-order valence-electron chi connectivity index (χ2n) is 2.49. The lowest BCUT2D eigenvalue weighted by molar-refractivity contribution is -0.136. The van der Waals surface area contributed by atoms with Crippen LogP contribution >= 0.6 is 0 Å². The molecule has 2 heterocycles. The Labute approximate surface area is 63.2 Å². The molecular weight excluding hydrogens is 144 g/mol. The molecule has 0 fully saturated rings.